The van der Waals surface area contributed by atoms with Crippen LogP contribution in [0.3, 0.4) is 0 Å². The van der Waals surface area contributed by atoms with Gasteiger partial charge in [-0.25, -0.2) is 17.9 Å². The van der Waals surface area contributed by atoms with Crippen LogP contribution in [0.25, 0.3) is 5.65 Å². The van der Waals surface area contributed by atoms with Crippen molar-refractivity contribution < 1.29 is 26.3 Å². The van der Waals surface area contributed by atoms with Crippen molar-refractivity contribution in [2.75, 3.05) is 20.2 Å². The highest BCUT2D eigenvalue weighted by Gasteiger charge is 2.37. The smallest absolute Gasteiger partial charge is 0.433 e. The van der Waals surface area contributed by atoms with Crippen molar-refractivity contribution in [3.63, 3.8) is 0 Å². The van der Waals surface area contributed by atoms with Gasteiger partial charge in [0, 0.05) is 30.8 Å². The summed E-state index contributed by atoms with van der Waals surface area (Å²) in [5, 5.41) is 4.11. The summed E-state index contributed by atoms with van der Waals surface area (Å²) in [6.45, 7) is 1.88. The number of fused-ring (bicyclic) bond motifs is 1. The van der Waals surface area contributed by atoms with Crippen LogP contribution in [0.4, 0.5) is 13.2 Å². The molecular weight excluding hydrogens is 421 g/mol. The fourth-order valence-electron chi connectivity index (χ4n) is 3.60. The standard InChI is InChI=1S/C19H19F3N4O3S/c1-12-9-17(19(20,21)22)26-18(23-12)10-16(24-26)13-7-8-25(11-13)30(27,28)15-5-3-14(29-2)4-6-15/h3-6,9-10,13H,7-8,11H2,1-2H3/t13-/m1/s1. The van der Waals surface area contributed by atoms with Crippen molar-refractivity contribution in [2.24, 2.45) is 0 Å². The Morgan fingerprint density at radius 1 is 1.17 bits per heavy atom. The number of nitrogens with zero attached hydrogens (tertiary/aromatic N) is 4. The molecule has 7 nitrogen and oxygen atoms in total. The minimum absolute atomic E-state index is 0.0915. The van der Waals surface area contributed by atoms with Crippen molar-refractivity contribution >= 4 is 15.7 Å². The van der Waals surface area contributed by atoms with Crippen LogP contribution in [0.2, 0.25) is 0 Å². The van der Waals surface area contributed by atoms with Crippen molar-refractivity contribution in [3.05, 3.63) is 53.5 Å². The number of alkyl halides is 3. The van der Waals surface area contributed by atoms with Crippen molar-refractivity contribution in [1.82, 2.24) is 18.9 Å². The van der Waals surface area contributed by atoms with Crippen LogP contribution < -0.4 is 4.74 Å². The van der Waals surface area contributed by atoms with E-state index in [0.29, 0.717) is 17.9 Å². The third-order valence-electron chi connectivity index (χ3n) is 5.13. The summed E-state index contributed by atoms with van der Waals surface area (Å²) in [4.78, 5) is 4.27. The average molecular weight is 440 g/mol. The highest BCUT2D eigenvalue weighted by Crippen LogP contribution is 2.34. The quantitative estimate of drug-likeness (QED) is 0.623. The molecule has 1 atom stereocenters. The Morgan fingerprint density at radius 3 is 2.50 bits per heavy atom. The van der Waals surface area contributed by atoms with Crippen molar-refractivity contribution in [3.8, 4) is 5.75 Å². The van der Waals surface area contributed by atoms with E-state index in [-0.39, 0.29) is 35.2 Å². The lowest BCUT2D eigenvalue weighted by Crippen LogP contribution is -2.28. The van der Waals surface area contributed by atoms with E-state index >= 15 is 0 Å². The normalized spacial score (nSPS) is 18.2. The summed E-state index contributed by atoms with van der Waals surface area (Å²) < 4.78 is 73.1. The second kappa shape index (κ2) is 7.24. The van der Waals surface area contributed by atoms with Gasteiger partial charge in [0.1, 0.15) is 11.4 Å². The number of aryl methyl sites for hydroxylation is 1. The number of ether oxygens (including phenoxy) is 1. The van der Waals surface area contributed by atoms with Gasteiger partial charge >= 0.3 is 6.18 Å². The first-order valence-corrected chi connectivity index (χ1v) is 10.6. The molecule has 0 spiro atoms. The zero-order valence-electron chi connectivity index (χ0n) is 16.2. The van der Waals surface area contributed by atoms with Gasteiger partial charge in [-0.15, -0.1) is 0 Å². The number of rotatable bonds is 4. The van der Waals surface area contributed by atoms with Crippen LogP contribution >= 0.6 is 0 Å². The lowest BCUT2D eigenvalue weighted by atomic mass is 10.1. The van der Waals surface area contributed by atoms with Crippen LogP contribution in [-0.4, -0.2) is 47.5 Å². The van der Waals surface area contributed by atoms with Crippen LogP contribution in [0.1, 0.15) is 29.4 Å². The van der Waals surface area contributed by atoms with Gasteiger partial charge in [-0.05, 0) is 43.7 Å². The first-order valence-electron chi connectivity index (χ1n) is 9.18. The maximum atomic E-state index is 13.4. The summed E-state index contributed by atoms with van der Waals surface area (Å²) in [6, 6.07) is 8.50. The molecule has 30 heavy (non-hydrogen) atoms. The first kappa shape index (κ1) is 20.6. The molecule has 3 aromatic rings. The molecule has 0 amide bonds. The molecule has 0 saturated carbocycles. The summed E-state index contributed by atoms with van der Waals surface area (Å²) in [7, 11) is -2.24. The van der Waals surface area contributed by atoms with E-state index < -0.39 is 21.9 Å². The van der Waals surface area contributed by atoms with Gasteiger partial charge in [0.15, 0.2) is 5.65 Å². The number of aromatic nitrogens is 3. The van der Waals surface area contributed by atoms with Gasteiger partial charge in [0.2, 0.25) is 10.0 Å². The predicted octanol–water partition coefficient (Wildman–Crippen LogP) is 3.24. The number of methoxy groups -OCH3 is 1. The van der Waals surface area contributed by atoms with E-state index in [2.05, 4.69) is 10.1 Å². The molecule has 1 aliphatic rings. The molecule has 0 N–H and O–H groups in total. The molecular formula is C19H19F3N4O3S. The van der Waals surface area contributed by atoms with Gasteiger partial charge in [-0.3, -0.25) is 0 Å². The Bertz CT molecular complexity index is 1190. The highest BCUT2D eigenvalue weighted by atomic mass is 32.2. The largest absolute Gasteiger partial charge is 0.497 e. The van der Waals surface area contributed by atoms with Crippen LogP contribution in [0, 0.1) is 6.92 Å². The number of hydrogen-bond donors (Lipinski definition) is 0. The molecule has 1 aromatic carbocycles. The zero-order chi connectivity index (χ0) is 21.7. The Hall–Kier alpha value is -2.66. The topological polar surface area (TPSA) is 76.8 Å². The number of halogens is 3. The van der Waals surface area contributed by atoms with Gasteiger partial charge < -0.3 is 4.74 Å². The van der Waals surface area contributed by atoms with E-state index in [1.54, 1.807) is 12.1 Å². The van der Waals surface area contributed by atoms with E-state index in [1.165, 1.54) is 36.5 Å². The lowest BCUT2D eigenvalue weighted by Gasteiger charge is -2.16. The average Bonchev–Trinajstić information content (AvgIpc) is 3.33. The molecule has 1 fully saturated rings. The Morgan fingerprint density at radius 2 is 1.87 bits per heavy atom. The summed E-state index contributed by atoms with van der Waals surface area (Å²) in [5.74, 6) is 0.224. The van der Waals surface area contributed by atoms with E-state index in [1.807, 2.05) is 0 Å². The van der Waals surface area contributed by atoms with E-state index in [4.69, 9.17) is 4.74 Å². The third-order valence-corrected chi connectivity index (χ3v) is 7.01. The molecule has 1 saturated heterocycles. The monoisotopic (exact) mass is 440 g/mol. The third kappa shape index (κ3) is 3.63. The SMILES string of the molecule is COc1ccc(S(=O)(=O)N2CC[C@@H](c3cc4nc(C)cc(C(F)(F)F)n4n3)C2)cc1. The first-order chi connectivity index (χ1) is 14.1. The maximum absolute atomic E-state index is 13.4. The van der Waals surface area contributed by atoms with Crippen LogP contribution in [0.15, 0.2) is 41.3 Å². The number of sulfonamides is 1. The zero-order valence-corrected chi connectivity index (χ0v) is 17.0. The van der Waals surface area contributed by atoms with Crippen molar-refractivity contribution in [2.45, 2.75) is 30.3 Å². The fourth-order valence-corrected chi connectivity index (χ4v) is 5.10. The minimum atomic E-state index is -4.57. The molecule has 0 bridgehead atoms. The second-order valence-corrected chi connectivity index (χ2v) is 9.08. The van der Waals surface area contributed by atoms with Gasteiger partial charge in [0.05, 0.1) is 17.7 Å². The molecule has 2 aromatic heterocycles. The van der Waals surface area contributed by atoms with Gasteiger partial charge in [-0.2, -0.15) is 22.6 Å². The summed E-state index contributed by atoms with van der Waals surface area (Å²) in [5.41, 5.74) is -0.187. The van der Waals surface area contributed by atoms with Gasteiger partial charge in [0.25, 0.3) is 0 Å². The van der Waals surface area contributed by atoms with Crippen LogP contribution in [0.5, 0.6) is 5.75 Å². The summed E-state index contributed by atoms with van der Waals surface area (Å²) in [6.07, 6.45) is -4.12. The molecule has 1 aliphatic heterocycles. The molecule has 0 aliphatic carbocycles. The Kier molecular flexibility index (Phi) is 4.97. The number of benzene rings is 1. The Labute approximate surface area is 171 Å². The van der Waals surface area contributed by atoms with Crippen molar-refractivity contribution in [1.29, 1.82) is 0 Å². The highest BCUT2D eigenvalue weighted by molar-refractivity contribution is 7.89. The summed E-state index contributed by atoms with van der Waals surface area (Å²) >= 11 is 0. The molecule has 0 radical (unpaired) electrons. The number of hydrogen-bond acceptors (Lipinski definition) is 5. The lowest BCUT2D eigenvalue weighted by molar-refractivity contribution is -0.142. The molecule has 3 heterocycles. The van der Waals surface area contributed by atoms with E-state index in [0.717, 1.165) is 10.6 Å². The second-order valence-electron chi connectivity index (χ2n) is 7.14. The fraction of sp³-hybridized carbons (Fsp3) is 0.368. The molecule has 0 unspecified atom stereocenters. The maximum Gasteiger partial charge on any atom is 0.433 e. The molecule has 11 heteroatoms. The minimum Gasteiger partial charge on any atom is -0.497 e. The molecule has 4 rings (SSSR count). The van der Waals surface area contributed by atoms with E-state index in [9.17, 15) is 21.6 Å². The molecule has 160 valence electrons. The van der Waals surface area contributed by atoms with Crippen LogP contribution in [-0.2, 0) is 16.2 Å². The Balaban J connectivity index is 1.62. The van der Waals surface area contributed by atoms with Gasteiger partial charge in [-0.1, -0.05) is 0 Å². The predicted molar refractivity (Wildman–Crippen MR) is 102 cm³/mol.